The lowest BCUT2D eigenvalue weighted by Gasteiger charge is -2.12. The number of rotatable bonds is 10. The fourth-order valence-electron chi connectivity index (χ4n) is 3.89. The number of benzene rings is 2. The molecule has 0 aliphatic heterocycles. The first kappa shape index (κ1) is 26.7. The first-order valence-corrected chi connectivity index (χ1v) is 12.0. The van der Waals surface area contributed by atoms with Gasteiger partial charge < -0.3 is 14.8 Å². The van der Waals surface area contributed by atoms with Gasteiger partial charge >= 0.3 is 6.18 Å². The van der Waals surface area contributed by atoms with Crippen molar-refractivity contribution in [1.29, 1.82) is 0 Å². The van der Waals surface area contributed by atoms with Gasteiger partial charge in [-0.1, -0.05) is 12.1 Å². The maximum absolute atomic E-state index is 13.0. The molecule has 0 radical (unpaired) electrons. The van der Waals surface area contributed by atoms with Gasteiger partial charge in [0.15, 0.2) is 17.1 Å². The zero-order valence-corrected chi connectivity index (χ0v) is 20.8. The SMILES string of the molecule is CCOc1ccc(C(=O)NCCn2ncc3c(=O)n(Cc4cccc(C(F)(F)F)c4)cnc32)cc1OCC. The van der Waals surface area contributed by atoms with Crippen LogP contribution in [0.4, 0.5) is 13.2 Å². The number of alkyl halides is 3. The molecule has 1 amide bonds. The molecular formula is C26H26F3N5O4. The predicted molar refractivity (Wildman–Crippen MR) is 133 cm³/mol. The summed E-state index contributed by atoms with van der Waals surface area (Å²) >= 11 is 0. The van der Waals surface area contributed by atoms with Gasteiger partial charge in [-0.25, -0.2) is 9.67 Å². The summed E-state index contributed by atoms with van der Waals surface area (Å²) in [5.74, 6) is 0.714. The first-order valence-electron chi connectivity index (χ1n) is 12.0. The lowest BCUT2D eigenvalue weighted by molar-refractivity contribution is -0.137. The highest BCUT2D eigenvalue weighted by molar-refractivity contribution is 5.94. The molecule has 4 rings (SSSR count). The molecule has 2 aromatic carbocycles. The van der Waals surface area contributed by atoms with Crippen molar-refractivity contribution < 1.29 is 27.4 Å². The van der Waals surface area contributed by atoms with Crippen molar-refractivity contribution in [3.05, 3.63) is 82.0 Å². The maximum atomic E-state index is 13.0. The Morgan fingerprint density at radius 1 is 1.05 bits per heavy atom. The fourth-order valence-corrected chi connectivity index (χ4v) is 3.89. The van der Waals surface area contributed by atoms with E-state index < -0.39 is 17.3 Å². The van der Waals surface area contributed by atoms with E-state index in [4.69, 9.17) is 9.47 Å². The smallest absolute Gasteiger partial charge is 0.416 e. The van der Waals surface area contributed by atoms with E-state index in [1.54, 1.807) is 18.2 Å². The largest absolute Gasteiger partial charge is 0.490 e. The molecule has 1 N–H and O–H groups in total. The number of nitrogens with zero attached hydrogens (tertiary/aromatic N) is 4. The number of nitrogens with one attached hydrogen (secondary N) is 1. The van der Waals surface area contributed by atoms with Crippen LogP contribution in [0.2, 0.25) is 0 Å². The van der Waals surface area contributed by atoms with E-state index in [1.807, 2.05) is 13.8 Å². The van der Waals surface area contributed by atoms with Crippen LogP contribution >= 0.6 is 0 Å². The number of carbonyl (C=O) groups excluding carboxylic acids is 1. The third-order valence-corrected chi connectivity index (χ3v) is 5.64. The minimum absolute atomic E-state index is 0.0707. The van der Waals surface area contributed by atoms with E-state index in [-0.39, 0.29) is 30.9 Å². The number of hydrogen-bond donors (Lipinski definition) is 1. The van der Waals surface area contributed by atoms with Gasteiger partial charge in [0.05, 0.1) is 38.1 Å². The highest BCUT2D eigenvalue weighted by atomic mass is 19.4. The molecule has 200 valence electrons. The molecule has 0 bridgehead atoms. The highest BCUT2D eigenvalue weighted by Gasteiger charge is 2.30. The first-order chi connectivity index (χ1) is 18.2. The van der Waals surface area contributed by atoms with Crippen LogP contribution in [0.3, 0.4) is 0 Å². The Hall–Kier alpha value is -4.35. The zero-order valence-electron chi connectivity index (χ0n) is 20.8. The second-order valence-corrected chi connectivity index (χ2v) is 8.26. The van der Waals surface area contributed by atoms with Gasteiger partial charge in [0, 0.05) is 12.1 Å². The van der Waals surface area contributed by atoms with Crippen LogP contribution in [0, 0.1) is 0 Å². The Morgan fingerprint density at radius 2 is 1.82 bits per heavy atom. The lowest BCUT2D eigenvalue weighted by atomic mass is 10.1. The van der Waals surface area contributed by atoms with E-state index in [0.717, 1.165) is 12.1 Å². The quantitative estimate of drug-likeness (QED) is 0.335. The van der Waals surface area contributed by atoms with Crippen LogP contribution in [0.15, 0.2) is 59.8 Å². The average Bonchev–Trinajstić information content (AvgIpc) is 3.30. The molecule has 0 aliphatic carbocycles. The highest BCUT2D eigenvalue weighted by Crippen LogP contribution is 2.30. The summed E-state index contributed by atoms with van der Waals surface area (Å²) in [6.45, 7) is 4.97. The number of aromatic nitrogens is 4. The number of carbonyl (C=O) groups is 1. The van der Waals surface area contributed by atoms with Gasteiger partial charge in [-0.2, -0.15) is 18.3 Å². The van der Waals surface area contributed by atoms with Gasteiger partial charge in [0.1, 0.15) is 11.7 Å². The van der Waals surface area contributed by atoms with Crippen LogP contribution in [-0.2, 0) is 19.3 Å². The van der Waals surface area contributed by atoms with Crippen molar-refractivity contribution in [3.8, 4) is 11.5 Å². The summed E-state index contributed by atoms with van der Waals surface area (Å²) in [7, 11) is 0. The molecule has 0 saturated heterocycles. The van der Waals surface area contributed by atoms with Crippen molar-refractivity contribution in [2.45, 2.75) is 33.1 Å². The van der Waals surface area contributed by atoms with Gasteiger partial charge in [-0.05, 0) is 49.7 Å². The predicted octanol–water partition coefficient (Wildman–Crippen LogP) is 3.89. The molecule has 2 heterocycles. The van der Waals surface area contributed by atoms with E-state index >= 15 is 0 Å². The second kappa shape index (κ2) is 11.4. The maximum Gasteiger partial charge on any atom is 0.416 e. The molecule has 9 nitrogen and oxygen atoms in total. The number of hydrogen-bond acceptors (Lipinski definition) is 6. The van der Waals surface area contributed by atoms with Crippen LogP contribution in [0.1, 0.15) is 35.3 Å². The molecule has 0 atom stereocenters. The number of fused-ring (bicyclic) bond motifs is 1. The lowest BCUT2D eigenvalue weighted by Crippen LogP contribution is -2.28. The van der Waals surface area contributed by atoms with Gasteiger partial charge in [-0.15, -0.1) is 0 Å². The zero-order chi connectivity index (χ0) is 27.3. The molecule has 0 fully saturated rings. The van der Waals surface area contributed by atoms with Crippen molar-refractivity contribution in [2.24, 2.45) is 0 Å². The van der Waals surface area contributed by atoms with Crippen molar-refractivity contribution in [2.75, 3.05) is 19.8 Å². The summed E-state index contributed by atoms with van der Waals surface area (Å²) in [5, 5.41) is 7.22. The van der Waals surface area contributed by atoms with E-state index in [2.05, 4.69) is 15.4 Å². The molecule has 0 saturated carbocycles. The van der Waals surface area contributed by atoms with E-state index in [0.29, 0.717) is 41.5 Å². The Morgan fingerprint density at radius 3 is 2.55 bits per heavy atom. The normalized spacial score (nSPS) is 11.5. The third kappa shape index (κ3) is 5.96. The standard InChI is InChI=1S/C26H26F3N5O4/c1-3-37-21-9-8-18(13-22(21)38-4-2)24(35)30-10-11-34-23-20(14-32-34)25(36)33(16-31-23)15-17-6-5-7-19(12-17)26(27,28)29/h5-9,12-14,16H,3-4,10-11,15H2,1-2H3,(H,30,35). The molecule has 4 aromatic rings. The summed E-state index contributed by atoms with van der Waals surface area (Å²) in [5.41, 5.74) is -0.186. The van der Waals surface area contributed by atoms with Crippen molar-refractivity contribution in [3.63, 3.8) is 0 Å². The van der Waals surface area contributed by atoms with Crippen LogP contribution in [-0.4, -0.2) is 45.0 Å². The summed E-state index contributed by atoms with van der Waals surface area (Å²) < 4.78 is 52.8. The molecule has 0 aliphatic rings. The summed E-state index contributed by atoms with van der Waals surface area (Å²) in [6.07, 6.45) is -1.84. The topological polar surface area (TPSA) is 100 Å². The van der Waals surface area contributed by atoms with Gasteiger partial charge in [0.2, 0.25) is 0 Å². The molecule has 12 heteroatoms. The number of ether oxygens (including phenoxy) is 2. The van der Waals surface area contributed by atoms with Gasteiger partial charge in [0.25, 0.3) is 11.5 Å². The molecule has 38 heavy (non-hydrogen) atoms. The molecule has 2 aromatic heterocycles. The van der Waals surface area contributed by atoms with Crippen LogP contribution < -0.4 is 20.3 Å². The third-order valence-electron chi connectivity index (χ3n) is 5.64. The minimum atomic E-state index is -4.47. The molecule has 0 unspecified atom stereocenters. The van der Waals surface area contributed by atoms with Crippen molar-refractivity contribution in [1.82, 2.24) is 24.6 Å². The van der Waals surface area contributed by atoms with Crippen LogP contribution in [0.5, 0.6) is 11.5 Å². The average molecular weight is 530 g/mol. The van der Waals surface area contributed by atoms with E-state index in [1.165, 1.54) is 33.9 Å². The summed E-state index contributed by atoms with van der Waals surface area (Å²) in [4.78, 5) is 29.8. The van der Waals surface area contributed by atoms with E-state index in [9.17, 15) is 22.8 Å². The summed E-state index contributed by atoms with van der Waals surface area (Å²) in [6, 6.07) is 9.72. The molecular weight excluding hydrogens is 503 g/mol. The second-order valence-electron chi connectivity index (χ2n) is 8.26. The Bertz CT molecular complexity index is 1500. The number of amides is 1. The Kier molecular flexibility index (Phi) is 7.99. The number of halogens is 3. The monoisotopic (exact) mass is 529 g/mol. The fraction of sp³-hybridized carbons (Fsp3) is 0.308. The Labute approximate surface area is 215 Å². The van der Waals surface area contributed by atoms with Crippen molar-refractivity contribution >= 4 is 16.9 Å². The van der Waals surface area contributed by atoms with Gasteiger partial charge in [-0.3, -0.25) is 14.2 Å². The van der Waals surface area contributed by atoms with Crippen LogP contribution in [0.25, 0.3) is 11.0 Å². The molecule has 0 spiro atoms. The Balaban J connectivity index is 1.43. The minimum Gasteiger partial charge on any atom is -0.490 e.